The van der Waals surface area contributed by atoms with Gasteiger partial charge in [0, 0.05) is 0 Å². The summed E-state index contributed by atoms with van der Waals surface area (Å²) >= 11 is 0. The Hall–Kier alpha value is -1.09. The molecule has 1 aromatic rings. The summed E-state index contributed by atoms with van der Waals surface area (Å²) in [6, 6.07) is 6.48. The fourth-order valence-corrected chi connectivity index (χ4v) is 1.99. The van der Waals surface area contributed by atoms with Crippen LogP contribution in [0.25, 0.3) is 0 Å². The molecule has 3 heteroatoms. The second-order valence-corrected chi connectivity index (χ2v) is 4.01. The van der Waals surface area contributed by atoms with Crippen molar-refractivity contribution in [2.75, 3.05) is 6.54 Å². The van der Waals surface area contributed by atoms with Gasteiger partial charge in [0.1, 0.15) is 11.4 Å². The van der Waals surface area contributed by atoms with E-state index in [9.17, 15) is 9.50 Å². The molecule has 0 radical (unpaired) electrons. The number of halogens is 1. The minimum absolute atomic E-state index is 0.187. The predicted octanol–water partition coefficient (Wildman–Crippen LogP) is 2.15. The number of nitrogens with one attached hydrogen (secondary N) is 1. The largest absolute Gasteiger partial charge is 0.508 e. The maximum Gasteiger partial charge on any atom is 0.128 e. The molecule has 0 aromatic heterocycles. The van der Waals surface area contributed by atoms with E-state index in [1.165, 1.54) is 0 Å². The van der Waals surface area contributed by atoms with Crippen LogP contribution in [0.5, 0.6) is 5.75 Å². The molecule has 1 fully saturated rings. The maximum atomic E-state index is 13.9. The Balaban J connectivity index is 2.31. The highest BCUT2D eigenvalue weighted by Gasteiger charge is 2.39. The summed E-state index contributed by atoms with van der Waals surface area (Å²) in [6.45, 7) is 2.29. The van der Waals surface area contributed by atoms with E-state index in [-0.39, 0.29) is 11.8 Å². The van der Waals surface area contributed by atoms with E-state index in [2.05, 4.69) is 5.32 Å². The Bertz CT molecular complexity index is 338. The Morgan fingerprint density at radius 3 is 2.93 bits per heavy atom. The normalized spacial score (nSPS) is 32.0. The number of rotatable bonds is 1. The lowest BCUT2D eigenvalue weighted by Crippen LogP contribution is -2.27. The van der Waals surface area contributed by atoms with Crippen molar-refractivity contribution < 1.29 is 9.50 Å². The average Bonchev–Trinajstić information content (AvgIpc) is 2.45. The van der Waals surface area contributed by atoms with Gasteiger partial charge in [0.25, 0.3) is 0 Å². The number of aromatic hydroxyl groups is 1. The first-order valence-electron chi connectivity index (χ1n) is 4.81. The Morgan fingerprint density at radius 2 is 2.36 bits per heavy atom. The van der Waals surface area contributed by atoms with Gasteiger partial charge >= 0.3 is 0 Å². The molecular formula is C11H14FNO. The van der Waals surface area contributed by atoms with Gasteiger partial charge in [-0.1, -0.05) is 12.1 Å². The van der Waals surface area contributed by atoms with E-state index in [4.69, 9.17) is 0 Å². The van der Waals surface area contributed by atoms with Gasteiger partial charge in [-0.2, -0.15) is 0 Å². The topological polar surface area (TPSA) is 32.3 Å². The van der Waals surface area contributed by atoms with E-state index in [0.717, 1.165) is 5.56 Å². The van der Waals surface area contributed by atoms with E-state index in [0.29, 0.717) is 13.0 Å². The predicted molar refractivity (Wildman–Crippen MR) is 53.0 cm³/mol. The maximum absolute atomic E-state index is 13.9. The number of alkyl halides is 1. The molecule has 2 rings (SSSR count). The number of phenolic OH excluding ortho intramolecular Hbond substituents is 1. The van der Waals surface area contributed by atoms with Gasteiger partial charge in [-0.05, 0) is 37.6 Å². The summed E-state index contributed by atoms with van der Waals surface area (Å²) in [5.41, 5.74) is -0.402. The summed E-state index contributed by atoms with van der Waals surface area (Å²) < 4.78 is 13.9. The van der Waals surface area contributed by atoms with E-state index >= 15 is 0 Å². The Labute approximate surface area is 82.8 Å². The van der Waals surface area contributed by atoms with Gasteiger partial charge in [0.15, 0.2) is 0 Å². The third-order valence-electron chi connectivity index (χ3n) is 2.77. The van der Waals surface area contributed by atoms with Crippen molar-refractivity contribution in [1.82, 2.24) is 5.32 Å². The van der Waals surface area contributed by atoms with Crippen molar-refractivity contribution in [2.24, 2.45) is 0 Å². The average molecular weight is 195 g/mol. The van der Waals surface area contributed by atoms with Crippen LogP contribution in [0, 0.1) is 0 Å². The highest BCUT2D eigenvalue weighted by molar-refractivity contribution is 5.31. The monoisotopic (exact) mass is 195 g/mol. The van der Waals surface area contributed by atoms with Crippen LogP contribution in [0.2, 0.25) is 0 Å². The first kappa shape index (κ1) is 9.46. The van der Waals surface area contributed by atoms with E-state index in [1.807, 2.05) is 6.07 Å². The van der Waals surface area contributed by atoms with Crippen LogP contribution in [0.3, 0.4) is 0 Å². The zero-order valence-electron chi connectivity index (χ0n) is 8.13. The van der Waals surface area contributed by atoms with Crippen molar-refractivity contribution in [3.05, 3.63) is 29.8 Å². The highest BCUT2D eigenvalue weighted by Crippen LogP contribution is 2.37. The van der Waals surface area contributed by atoms with Crippen molar-refractivity contribution in [2.45, 2.75) is 25.1 Å². The smallest absolute Gasteiger partial charge is 0.128 e. The number of hydrogen-bond acceptors (Lipinski definition) is 2. The molecule has 0 bridgehead atoms. The molecule has 1 aromatic carbocycles. The quantitative estimate of drug-likeness (QED) is 0.719. The summed E-state index contributed by atoms with van der Waals surface area (Å²) in [6.07, 6.45) is 0.521. The van der Waals surface area contributed by atoms with Crippen LogP contribution in [-0.4, -0.2) is 17.3 Å². The molecule has 0 spiro atoms. The Morgan fingerprint density at radius 1 is 1.57 bits per heavy atom. The molecule has 2 unspecified atom stereocenters. The van der Waals surface area contributed by atoms with Crippen molar-refractivity contribution in [3.8, 4) is 5.75 Å². The van der Waals surface area contributed by atoms with Crippen LogP contribution in [-0.2, 0) is 0 Å². The minimum atomic E-state index is -1.21. The van der Waals surface area contributed by atoms with E-state index in [1.54, 1.807) is 25.1 Å². The van der Waals surface area contributed by atoms with Crippen molar-refractivity contribution in [1.29, 1.82) is 0 Å². The Kier molecular flexibility index (Phi) is 2.19. The molecule has 2 atom stereocenters. The van der Waals surface area contributed by atoms with Crippen LogP contribution >= 0.6 is 0 Å². The summed E-state index contributed by atoms with van der Waals surface area (Å²) in [4.78, 5) is 0. The van der Waals surface area contributed by atoms with Crippen LogP contribution in [0.4, 0.5) is 4.39 Å². The number of phenols is 1. The van der Waals surface area contributed by atoms with Gasteiger partial charge in [0.2, 0.25) is 0 Å². The van der Waals surface area contributed by atoms with Gasteiger partial charge < -0.3 is 10.4 Å². The highest BCUT2D eigenvalue weighted by atomic mass is 19.1. The fourth-order valence-electron chi connectivity index (χ4n) is 1.99. The lowest BCUT2D eigenvalue weighted by molar-refractivity contribution is 0.168. The van der Waals surface area contributed by atoms with Crippen LogP contribution < -0.4 is 5.32 Å². The molecule has 1 heterocycles. The summed E-state index contributed by atoms with van der Waals surface area (Å²) in [5.74, 6) is 0.187. The lowest BCUT2D eigenvalue weighted by atomic mass is 9.93. The molecule has 0 aliphatic carbocycles. The molecular weight excluding hydrogens is 181 g/mol. The molecule has 76 valence electrons. The SMILES string of the molecule is CC1(F)CCNC1c1cccc(O)c1. The van der Waals surface area contributed by atoms with Gasteiger partial charge in [0.05, 0.1) is 6.04 Å². The third kappa shape index (κ3) is 1.60. The molecule has 14 heavy (non-hydrogen) atoms. The zero-order chi connectivity index (χ0) is 10.2. The number of hydrogen-bond donors (Lipinski definition) is 2. The molecule has 2 nitrogen and oxygen atoms in total. The van der Waals surface area contributed by atoms with Gasteiger partial charge in [-0.25, -0.2) is 4.39 Å². The summed E-state index contributed by atoms with van der Waals surface area (Å²) in [5, 5.41) is 12.4. The van der Waals surface area contributed by atoms with E-state index < -0.39 is 5.67 Å². The molecule has 1 aliphatic heterocycles. The third-order valence-corrected chi connectivity index (χ3v) is 2.77. The fraction of sp³-hybridized carbons (Fsp3) is 0.455. The van der Waals surface area contributed by atoms with Crippen LogP contribution in [0.15, 0.2) is 24.3 Å². The number of benzene rings is 1. The molecule has 1 saturated heterocycles. The van der Waals surface area contributed by atoms with Crippen molar-refractivity contribution >= 4 is 0 Å². The van der Waals surface area contributed by atoms with Crippen LogP contribution in [0.1, 0.15) is 24.9 Å². The first-order chi connectivity index (χ1) is 6.59. The standard InChI is InChI=1S/C11H14FNO/c1-11(12)5-6-13-10(11)8-3-2-4-9(14)7-8/h2-4,7,10,13-14H,5-6H2,1H3. The molecule has 1 aliphatic rings. The van der Waals surface area contributed by atoms with Gasteiger partial charge in [-0.3, -0.25) is 0 Å². The zero-order valence-corrected chi connectivity index (χ0v) is 8.13. The van der Waals surface area contributed by atoms with Crippen molar-refractivity contribution in [3.63, 3.8) is 0 Å². The summed E-state index contributed by atoms with van der Waals surface area (Å²) in [7, 11) is 0. The second kappa shape index (κ2) is 3.24. The minimum Gasteiger partial charge on any atom is -0.508 e. The molecule has 0 saturated carbocycles. The molecule has 2 N–H and O–H groups in total. The van der Waals surface area contributed by atoms with Gasteiger partial charge in [-0.15, -0.1) is 0 Å². The second-order valence-electron chi connectivity index (χ2n) is 4.01. The first-order valence-corrected chi connectivity index (χ1v) is 4.81. The molecule has 0 amide bonds. The lowest BCUT2D eigenvalue weighted by Gasteiger charge is -2.22.